The second-order valence-electron chi connectivity index (χ2n) is 7.47. The second-order valence-corrected chi connectivity index (χ2v) is 7.47. The van der Waals surface area contributed by atoms with Gasteiger partial charge in [0.1, 0.15) is 5.76 Å². The number of nitrogens with one attached hydrogen (secondary N) is 2. The summed E-state index contributed by atoms with van der Waals surface area (Å²) in [5, 5.41) is 5.84. The molecule has 0 radical (unpaired) electrons. The fourth-order valence-corrected chi connectivity index (χ4v) is 3.77. The van der Waals surface area contributed by atoms with Gasteiger partial charge in [0.25, 0.3) is 5.91 Å². The van der Waals surface area contributed by atoms with Crippen LogP contribution in [0.15, 0.2) is 77.4 Å². The van der Waals surface area contributed by atoms with Gasteiger partial charge in [-0.1, -0.05) is 30.3 Å². The van der Waals surface area contributed by atoms with Crippen LogP contribution in [0.4, 0.5) is 10.5 Å². The van der Waals surface area contributed by atoms with Gasteiger partial charge in [-0.05, 0) is 54.8 Å². The predicted molar refractivity (Wildman–Crippen MR) is 115 cm³/mol. The normalized spacial score (nSPS) is 16.1. The number of likely N-dealkylation sites (tertiary alicyclic amines) is 1. The third-order valence-electron chi connectivity index (χ3n) is 5.36. The molecule has 1 aliphatic heterocycles. The van der Waals surface area contributed by atoms with Gasteiger partial charge in [-0.15, -0.1) is 0 Å². The first-order valence-corrected chi connectivity index (χ1v) is 10.2. The van der Waals surface area contributed by atoms with E-state index in [-0.39, 0.29) is 17.9 Å². The average molecular weight is 403 g/mol. The van der Waals surface area contributed by atoms with Crippen molar-refractivity contribution in [3.63, 3.8) is 0 Å². The molecule has 6 nitrogen and oxygen atoms in total. The summed E-state index contributed by atoms with van der Waals surface area (Å²) in [5.41, 5.74) is 2.49. The topological polar surface area (TPSA) is 74.6 Å². The number of urea groups is 1. The van der Waals surface area contributed by atoms with E-state index in [4.69, 9.17) is 4.42 Å². The molecular weight excluding hydrogens is 378 g/mol. The summed E-state index contributed by atoms with van der Waals surface area (Å²) < 4.78 is 5.26. The van der Waals surface area contributed by atoms with E-state index in [9.17, 15) is 9.59 Å². The molecule has 3 aromatic rings. The van der Waals surface area contributed by atoms with Gasteiger partial charge in [0, 0.05) is 30.3 Å². The first-order valence-electron chi connectivity index (χ1n) is 10.2. The highest BCUT2D eigenvalue weighted by atomic mass is 16.3. The summed E-state index contributed by atoms with van der Waals surface area (Å²) in [5.74, 6) is 0.785. The monoisotopic (exact) mass is 403 g/mol. The average Bonchev–Trinajstić information content (AvgIpc) is 3.32. The molecule has 2 heterocycles. The molecule has 1 aromatic heterocycles. The number of hydrogen-bond donors (Lipinski definition) is 2. The third kappa shape index (κ3) is 4.89. The van der Waals surface area contributed by atoms with Crippen molar-refractivity contribution in [2.75, 3.05) is 18.4 Å². The van der Waals surface area contributed by atoms with Crippen LogP contribution in [0.5, 0.6) is 0 Å². The highest BCUT2D eigenvalue weighted by molar-refractivity contribution is 5.94. The minimum absolute atomic E-state index is 0.0850. The zero-order chi connectivity index (χ0) is 20.8. The van der Waals surface area contributed by atoms with Crippen LogP contribution >= 0.6 is 0 Å². The third-order valence-corrected chi connectivity index (χ3v) is 5.36. The quantitative estimate of drug-likeness (QED) is 0.653. The molecule has 30 heavy (non-hydrogen) atoms. The van der Waals surface area contributed by atoms with Crippen LogP contribution in [0, 0.1) is 0 Å². The number of nitrogens with zero attached hydrogens (tertiary/aromatic N) is 1. The number of anilines is 1. The van der Waals surface area contributed by atoms with Crippen molar-refractivity contribution in [1.29, 1.82) is 0 Å². The van der Waals surface area contributed by atoms with E-state index in [1.165, 1.54) is 0 Å². The first-order chi connectivity index (χ1) is 14.7. The lowest BCUT2D eigenvalue weighted by molar-refractivity contribution is 0.0947. The van der Waals surface area contributed by atoms with Crippen molar-refractivity contribution in [2.45, 2.75) is 25.3 Å². The van der Waals surface area contributed by atoms with Crippen LogP contribution in [0.2, 0.25) is 0 Å². The lowest BCUT2D eigenvalue weighted by atomic mass is 9.89. The van der Waals surface area contributed by atoms with E-state index >= 15 is 0 Å². The zero-order valence-corrected chi connectivity index (χ0v) is 16.7. The van der Waals surface area contributed by atoms with Crippen molar-refractivity contribution in [3.05, 3.63) is 89.9 Å². The Kier molecular flexibility index (Phi) is 6.13. The summed E-state index contributed by atoms with van der Waals surface area (Å²) in [4.78, 5) is 27.0. The zero-order valence-electron chi connectivity index (χ0n) is 16.7. The number of carbonyl (C=O) groups is 2. The second kappa shape index (κ2) is 9.31. The van der Waals surface area contributed by atoms with Gasteiger partial charge in [-0.2, -0.15) is 0 Å². The molecule has 4 rings (SSSR count). The fourth-order valence-electron chi connectivity index (χ4n) is 3.77. The van der Waals surface area contributed by atoms with Crippen LogP contribution in [-0.4, -0.2) is 29.9 Å². The number of para-hydroxylation sites is 1. The molecule has 0 bridgehead atoms. The lowest BCUT2D eigenvalue weighted by Gasteiger charge is -2.33. The molecule has 6 heteroatoms. The Labute approximate surface area is 175 Å². The lowest BCUT2D eigenvalue weighted by Crippen LogP contribution is -2.41. The Morgan fingerprint density at radius 3 is 2.70 bits per heavy atom. The molecule has 1 saturated heterocycles. The Bertz CT molecular complexity index is 986. The van der Waals surface area contributed by atoms with Crippen LogP contribution in [0.1, 0.15) is 40.4 Å². The maximum absolute atomic E-state index is 12.7. The molecule has 2 aromatic carbocycles. The molecule has 0 spiro atoms. The SMILES string of the molecule is O=C(NCc1ccco1)c1cccc([C@@H]2CCCN(C(=O)Nc3ccccc3)C2)c1. The predicted octanol–water partition coefficient (Wildman–Crippen LogP) is 4.62. The molecule has 0 saturated carbocycles. The standard InChI is InChI=1S/C24H25N3O3/c28-23(25-16-22-12-6-14-30-22)19-8-4-7-18(15-19)20-9-5-13-27(17-20)24(29)26-21-10-2-1-3-11-21/h1-4,6-8,10-12,14-15,20H,5,9,13,16-17H2,(H,25,28)(H,26,29)/t20-/m1/s1. The van der Waals surface area contributed by atoms with E-state index in [2.05, 4.69) is 10.6 Å². The van der Waals surface area contributed by atoms with Crippen LogP contribution in [0.25, 0.3) is 0 Å². The van der Waals surface area contributed by atoms with Crippen LogP contribution in [0.3, 0.4) is 0 Å². The summed E-state index contributed by atoms with van der Waals surface area (Å²) >= 11 is 0. The van der Waals surface area contributed by atoms with Crippen molar-refractivity contribution < 1.29 is 14.0 Å². The van der Waals surface area contributed by atoms with Gasteiger partial charge in [-0.25, -0.2) is 4.79 Å². The first kappa shape index (κ1) is 19.8. The Morgan fingerprint density at radius 2 is 1.90 bits per heavy atom. The number of amides is 3. The summed E-state index contributed by atoms with van der Waals surface area (Å²) in [7, 11) is 0. The van der Waals surface area contributed by atoms with Crippen molar-refractivity contribution in [1.82, 2.24) is 10.2 Å². The highest BCUT2D eigenvalue weighted by Gasteiger charge is 2.25. The number of piperidine rings is 1. The number of rotatable bonds is 5. The highest BCUT2D eigenvalue weighted by Crippen LogP contribution is 2.28. The number of benzene rings is 2. The molecule has 1 atom stereocenters. The van der Waals surface area contributed by atoms with Gasteiger partial charge >= 0.3 is 6.03 Å². The smallest absolute Gasteiger partial charge is 0.321 e. The largest absolute Gasteiger partial charge is 0.467 e. The van der Waals surface area contributed by atoms with Gasteiger partial charge in [-0.3, -0.25) is 4.79 Å². The van der Waals surface area contributed by atoms with Crippen molar-refractivity contribution in [3.8, 4) is 0 Å². The Hall–Kier alpha value is -3.54. The number of furan rings is 1. The fraction of sp³-hybridized carbons (Fsp3) is 0.250. The van der Waals surface area contributed by atoms with Gasteiger partial charge < -0.3 is 20.0 Å². The van der Waals surface area contributed by atoms with Crippen molar-refractivity contribution in [2.24, 2.45) is 0 Å². The number of carbonyl (C=O) groups excluding carboxylic acids is 2. The van der Waals surface area contributed by atoms with E-state index in [0.717, 1.165) is 30.6 Å². The van der Waals surface area contributed by atoms with E-state index in [1.807, 2.05) is 65.6 Å². The van der Waals surface area contributed by atoms with Crippen molar-refractivity contribution >= 4 is 17.6 Å². The summed E-state index contributed by atoms with van der Waals surface area (Å²) in [6.45, 7) is 1.72. The van der Waals surface area contributed by atoms with E-state index in [1.54, 1.807) is 12.3 Å². The molecule has 154 valence electrons. The summed E-state index contributed by atoms with van der Waals surface area (Å²) in [6.07, 6.45) is 3.51. The van der Waals surface area contributed by atoms with Crippen LogP contribution in [-0.2, 0) is 6.54 Å². The minimum atomic E-state index is -0.136. The maximum atomic E-state index is 12.7. The molecule has 0 unspecified atom stereocenters. The molecule has 2 N–H and O–H groups in total. The van der Waals surface area contributed by atoms with Crippen LogP contribution < -0.4 is 10.6 Å². The van der Waals surface area contributed by atoms with Gasteiger partial charge in [0.2, 0.25) is 0 Å². The Morgan fingerprint density at radius 1 is 1.03 bits per heavy atom. The maximum Gasteiger partial charge on any atom is 0.321 e. The summed E-state index contributed by atoms with van der Waals surface area (Å²) in [6, 6.07) is 20.7. The molecular formula is C24H25N3O3. The van der Waals surface area contributed by atoms with Gasteiger partial charge in [0.15, 0.2) is 0 Å². The molecule has 0 aliphatic carbocycles. The number of hydrogen-bond acceptors (Lipinski definition) is 3. The minimum Gasteiger partial charge on any atom is -0.467 e. The van der Waals surface area contributed by atoms with E-state index in [0.29, 0.717) is 24.4 Å². The van der Waals surface area contributed by atoms with Gasteiger partial charge in [0.05, 0.1) is 12.8 Å². The van der Waals surface area contributed by atoms with E-state index < -0.39 is 0 Å². The molecule has 1 fully saturated rings. The molecule has 3 amide bonds. The Balaban J connectivity index is 1.39. The molecule has 1 aliphatic rings.